The van der Waals surface area contributed by atoms with Crippen molar-refractivity contribution in [3.05, 3.63) is 104 Å². The molecule has 0 aliphatic rings. The number of rotatable bonds is 7. The lowest BCUT2D eigenvalue weighted by molar-refractivity contribution is 0.0678. The molecule has 1 atom stereocenters. The average Bonchev–Trinajstić information content (AvgIpc) is 2.86. The van der Waals surface area contributed by atoms with Gasteiger partial charge in [0.15, 0.2) is 0 Å². The average molecular weight is 532 g/mol. The van der Waals surface area contributed by atoms with Crippen LogP contribution in [-0.2, 0) is 0 Å². The van der Waals surface area contributed by atoms with Gasteiger partial charge >= 0.3 is 0 Å². The molecule has 1 unspecified atom stereocenters. The van der Waals surface area contributed by atoms with Crippen LogP contribution < -0.4 is 5.56 Å². The largest absolute Gasteiger partial charge is 0.329 e. The molecule has 3 aromatic carbocycles. The molecule has 1 amide bonds. The SMILES string of the molecule is CCCCN(C(=O)c1ccc(Br)cc1)C(C)c1nc2ccccc2c(=O)n1-c1ccc(C)c(C)c1. The van der Waals surface area contributed by atoms with E-state index in [0.29, 0.717) is 28.8 Å². The molecule has 0 saturated carbocycles. The number of aromatic nitrogens is 2. The fraction of sp³-hybridized carbons (Fsp3) is 0.276. The van der Waals surface area contributed by atoms with E-state index in [1.165, 1.54) is 0 Å². The minimum atomic E-state index is -0.420. The number of nitrogens with zero attached hydrogens (tertiary/aromatic N) is 3. The molecule has 0 spiro atoms. The van der Waals surface area contributed by atoms with Crippen LogP contribution in [0.1, 0.15) is 60.0 Å². The fourth-order valence-corrected chi connectivity index (χ4v) is 4.51. The maximum absolute atomic E-state index is 13.8. The number of aryl methyl sites for hydroxylation is 2. The lowest BCUT2D eigenvalue weighted by atomic mass is 10.1. The molecule has 35 heavy (non-hydrogen) atoms. The molecule has 0 fully saturated rings. The Balaban J connectivity index is 1.91. The Bertz CT molecular complexity index is 1430. The third kappa shape index (κ3) is 5.08. The summed E-state index contributed by atoms with van der Waals surface area (Å²) >= 11 is 3.44. The molecule has 0 radical (unpaired) electrons. The number of hydrogen-bond acceptors (Lipinski definition) is 3. The second-order valence-corrected chi connectivity index (χ2v) is 9.85. The summed E-state index contributed by atoms with van der Waals surface area (Å²) in [6, 6.07) is 20.3. The third-order valence-corrected chi connectivity index (χ3v) is 7.02. The molecule has 4 aromatic rings. The molecule has 1 aromatic heterocycles. The number of amides is 1. The normalized spacial score (nSPS) is 12.0. The van der Waals surface area contributed by atoms with E-state index < -0.39 is 6.04 Å². The van der Waals surface area contributed by atoms with Crippen LogP contribution in [0.5, 0.6) is 0 Å². The standard InChI is InChI=1S/C29H30BrN3O2/c1-5-6-17-32(28(34)22-12-14-23(30)15-13-22)21(4)27-31-26-10-8-7-9-25(26)29(35)33(27)24-16-11-19(2)20(3)18-24/h7-16,18,21H,5-6,17H2,1-4H3. The van der Waals surface area contributed by atoms with Gasteiger partial charge in [0.05, 0.1) is 22.6 Å². The smallest absolute Gasteiger partial charge is 0.266 e. The highest BCUT2D eigenvalue weighted by molar-refractivity contribution is 9.10. The van der Waals surface area contributed by atoms with Crippen LogP contribution in [0.4, 0.5) is 0 Å². The van der Waals surface area contributed by atoms with Crippen molar-refractivity contribution in [1.82, 2.24) is 14.5 Å². The first-order valence-electron chi connectivity index (χ1n) is 12.0. The first-order chi connectivity index (χ1) is 16.8. The van der Waals surface area contributed by atoms with Gasteiger partial charge < -0.3 is 4.90 Å². The monoisotopic (exact) mass is 531 g/mol. The zero-order valence-electron chi connectivity index (χ0n) is 20.6. The summed E-state index contributed by atoms with van der Waals surface area (Å²) in [5.74, 6) is 0.478. The van der Waals surface area contributed by atoms with Gasteiger partial charge in [-0.05, 0) is 86.8 Å². The Morgan fingerprint density at radius 3 is 2.43 bits per heavy atom. The minimum Gasteiger partial charge on any atom is -0.329 e. The highest BCUT2D eigenvalue weighted by atomic mass is 79.9. The van der Waals surface area contributed by atoms with E-state index in [9.17, 15) is 9.59 Å². The van der Waals surface area contributed by atoms with Gasteiger partial charge in [-0.15, -0.1) is 0 Å². The second kappa shape index (κ2) is 10.6. The number of halogens is 1. The van der Waals surface area contributed by atoms with Crippen molar-refractivity contribution >= 4 is 32.7 Å². The van der Waals surface area contributed by atoms with E-state index >= 15 is 0 Å². The highest BCUT2D eigenvalue weighted by Gasteiger charge is 2.27. The number of unbranched alkanes of at least 4 members (excludes halogenated alkanes) is 1. The van der Waals surface area contributed by atoms with E-state index in [0.717, 1.165) is 34.1 Å². The number of carbonyl (C=O) groups excluding carboxylic acids is 1. The first-order valence-corrected chi connectivity index (χ1v) is 12.8. The summed E-state index contributed by atoms with van der Waals surface area (Å²) in [6.45, 7) is 8.72. The Morgan fingerprint density at radius 2 is 1.74 bits per heavy atom. The topological polar surface area (TPSA) is 55.2 Å². The van der Waals surface area contributed by atoms with Gasteiger partial charge in [0.25, 0.3) is 11.5 Å². The van der Waals surface area contributed by atoms with Crippen molar-refractivity contribution in [3.8, 4) is 5.69 Å². The van der Waals surface area contributed by atoms with Crippen molar-refractivity contribution in [1.29, 1.82) is 0 Å². The van der Waals surface area contributed by atoms with Crippen molar-refractivity contribution < 1.29 is 4.79 Å². The summed E-state index contributed by atoms with van der Waals surface area (Å²) < 4.78 is 2.59. The van der Waals surface area contributed by atoms with Crippen LogP contribution in [0, 0.1) is 13.8 Å². The zero-order chi connectivity index (χ0) is 25.1. The maximum atomic E-state index is 13.8. The van der Waals surface area contributed by atoms with Gasteiger partial charge in [-0.25, -0.2) is 4.98 Å². The van der Waals surface area contributed by atoms with E-state index in [1.807, 2.05) is 86.3 Å². The van der Waals surface area contributed by atoms with E-state index in [1.54, 1.807) is 10.6 Å². The Morgan fingerprint density at radius 1 is 1.03 bits per heavy atom. The summed E-state index contributed by atoms with van der Waals surface area (Å²) in [5.41, 5.74) is 4.11. The number of carbonyl (C=O) groups is 1. The first kappa shape index (κ1) is 24.9. The molecule has 4 rings (SSSR count). The van der Waals surface area contributed by atoms with Crippen LogP contribution in [0.2, 0.25) is 0 Å². The van der Waals surface area contributed by atoms with Crippen LogP contribution >= 0.6 is 15.9 Å². The van der Waals surface area contributed by atoms with Gasteiger partial charge in [0.1, 0.15) is 5.82 Å². The quantitative estimate of drug-likeness (QED) is 0.264. The van der Waals surface area contributed by atoms with Gasteiger partial charge in [0, 0.05) is 16.6 Å². The Kier molecular flexibility index (Phi) is 7.51. The summed E-state index contributed by atoms with van der Waals surface area (Å²) in [6.07, 6.45) is 1.81. The van der Waals surface area contributed by atoms with Crippen molar-refractivity contribution in [3.63, 3.8) is 0 Å². The number of fused-ring (bicyclic) bond motifs is 1. The summed E-state index contributed by atoms with van der Waals surface area (Å²) in [7, 11) is 0. The van der Waals surface area contributed by atoms with Crippen LogP contribution in [0.15, 0.2) is 76.0 Å². The second-order valence-electron chi connectivity index (χ2n) is 8.93. The molecule has 0 saturated heterocycles. The summed E-state index contributed by atoms with van der Waals surface area (Å²) in [5, 5.41) is 0.557. The molecule has 0 aliphatic heterocycles. The van der Waals surface area contributed by atoms with Crippen molar-refractivity contribution in [2.75, 3.05) is 6.54 Å². The predicted molar refractivity (Wildman–Crippen MR) is 145 cm³/mol. The zero-order valence-corrected chi connectivity index (χ0v) is 22.2. The molecule has 6 heteroatoms. The number of benzene rings is 3. The van der Waals surface area contributed by atoms with Crippen molar-refractivity contribution in [2.45, 2.75) is 46.6 Å². The van der Waals surface area contributed by atoms with Crippen LogP contribution in [-0.4, -0.2) is 26.9 Å². The third-order valence-electron chi connectivity index (χ3n) is 6.50. The maximum Gasteiger partial charge on any atom is 0.266 e. The lowest BCUT2D eigenvalue weighted by Crippen LogP contribution is -2.38. The predicted octanol–water partition coefficient (Wildman–Crippen LogP) is 6.77. The van der Waals surface area contributed by atoms with Crippen molar-refractivity contribution in [2.24, 2.45) is 0 Å². The van der Waals surface area contributed by atoms with Crippen LogP contribution in [0.25, 0.3) is 16.6 Å². The number of para-hydroxylation sites is 1. The van der Waals surface area contributed by atoms with Gasteiger partial charge in [0.2, 0.25) is 0 Å². The minimum absolute atomic E-state index is 0.0764. The molecule has 0 N–H and O–H groups in total. The molecule has 180 valence electrons. The Labute approximate surface area is 214 Å². The molecular formula is C29H30BrN3O2. The fourth-order valence-electron chi connectivity index (χ4n) is 4.24. The lowest BCUT2D eigenvalue weighted by Gasteiger charge is -2.31. The highest BCUT2D eigenvalue weighted by Crippen LogP contribution is 2.26. The summed E-state index contributed by atoms with van der Waals surface area (Å²) in [4.78, 5) is 34.2. The van der Waals surface area contributed by atoms with E-state index in [4.69, 9.17) is 4.98 Å². The van der Waals surface area contributed by atoms with E-state index in [-0.39, 0.29) is 11.5 Å². The molecule has 1 heterocycles. The molecule has 0 bridgehead atoms. The molecule has 5 nitrogen and oxygen atoms in total. The molecule has 0 aliphatic carbocycles. The van der Waals surface area contributed by atoms with Gasteiger partial charge in [-0.1, -0.05) is 47.5 Å². The van der Waals surface area contributed by atoms with Gasteiger partial charge in [-0.3, -0.25) is 14.2 Å². The molecular weight excluding hydrogens is 502 g/mol. The Hall–Kier alpha value is -3.25. The van der Waals surface area contributed by atoms with E-state index in [2.05, 4.69) is 22.9 Å². The number of hydrogen-bond donors (Lipinski definition) is 0. The van der Waals surface area contributed by atoms with Gasteiger partial charge in [-0.2, -0.15) is 0 Å². The van der Waals surface area contributed by atoms with Crippen LogP contribution in [0.3, 0.4) is 0 Å².